The average Bonchev–Trinajstić information content (AvgIpc) is 2.65. The van der Waals surface area contributed by atoms with E-state index in [0.29, 0.717) is 6.61 Å². The van der Waals surface area contributed by atoms with Gasteiger partial charge >= 0.3 is 0 Å². The van der Waals surface area contributed by atoms with Gasteiger partial charge in [0.2, 0.25) is 0 Å². The first-order valence-corrected chi connectivity index (χ1v) is 5.02. The van der Waals surface area contributed by atoms with Gasteiger partial charge in [0, 0.05) is 37.9 Å². The van der Waals surface area contributed by atoms with Crippen LogP contribution < -0.4 is 5.32 Å². The van der Waals surface area contributed by atoms with Crippen molar-refractivity contribution in [3.05, 3.63) is 23.3 Å². The van der Waals surface area contributed by atoms with Crippen LogP contribution in [0.15, 0.2) is 6.20 Å². The summed E-state index contributed by atoms with van der Waals surface area (Å²) in [5.74, 6) is 0.890. The smallest absolute Gasteiger partial charge is 0.130 e. The molecule has 0 unspecified atom stereocenters. The molecule has 1 aromatic rings. The SMILES string of the molecule is CCOCCc1ncc2c(n1)CNC2. The third kappa shape index (κ3) is 2.08. The largest absolute Gasteiger partial charge is 0.381 e. The van der Waals surface area contributed by atoms with Crippen molar-refractivity contribution in [1.82, 2.24) is 15.3 Å². The molecule has 0 saturated heterocycles. The number of fused-ring (bicyclic) bond motifs is 1. The molecule has 1 aliphatic rings. The van der Waals surface area contributed by atoms with Crippen LogP contribution in [0.4, 0.5) is 0 Å². The quantitative estimate of drug-likeness (QED) is 0.713. The molecule has 0 fully saturated rings. The molecule has 0 saturated carbocycles. The highest BCUT2D eigenvalue weighted by atomic mass is 16.5. The van der Waals surface area contributed by atoms with E-state index in [1.54, 1.807) is 0 Å². The predicted molar refractivity (Wildman–Crippen MR) is 52.8 cm³/mol. The van der Waals surface area contributed by atoms with Gasteiger partial charge in [-0.25, -0.2) is 9.97 Å². The van der Waals surface area contributed by atoms with E-state index < -0.39 is 0 Å². The summed E-state index contributed by atoms with van der Waals surface area (Å²) >= 11 is 0. The molecule has 0 radical (unpaired) electrons. The van der Waals surface area contributed by atoms with Crippen molar-refractivity contribution < 1.29 is 4.74 Å². The van der Waals surface area contributed by atoms with Crippen molar-refractivity contribution in [3.63, 3.8) is 0 Å². The minimum Gasteiger partial charge on any atom is -0.381 e. The summed E-state index contributed by atoms with van der Waals surface area (Å²) in [5.41, 5.74) is 2.37. The van der Waals surface area contributed by atoms with E-state index in [1.807, 2.05) is 13.1 Å². The van der Waals surface area contributed by atoms with Gasteiger partial charge < -0.3 is 10.1 Å². The Kier molecular flexibility index (Phi) is 3.06. The third-order valence-electron chi connectivity index (χ3n) is 2.29. The Morgan fingerprint density at radius 2 is 2.43 bits per heavy atom. The summed E-state index contributed by atoms with van der Waals surface area (Å²) in [6, 6.07) is 0. The molecule has 1 N–H and O–H groups in total. The molecule has 4 heteroatoms. The molecule has 76 valence electrons. The van der Waals surface area contributed by atoms with Crippen LogP contribution in [0.3, 0.4) is 0 Å². The predicted octanol–water partition coefficient (Wildman–Crippen LogP) is 0.659. The van der Waals surface area contributed by atoms with Crippen molar-refractivity contribution in [2.45, 2.75) is 26.4 Å². The normalized spacial score (nSPS) is 14.4. The van der Waals surface area contributed by atoms with E-state index in [0.717, 1.165) is 37.6 Å². The minimum absolute atomic E-state index is 0.711. The minimum atomic E-state index is 0.711. The number of hydrogen-bond donors (Lipinski definition) is 1. The molecule has 0 spiro atoms. The maximum atomic E-state index is 5.26. The van der Waals surface area contributed by atoms with Gasteiger partial charge in [-0.3, -0.25) is 0 Å². The van der Waals surface area contributed by atoms with E-state index in [2.05, 4.69) is 15.3 Å². The molecular weight excluding hydrogens is 178 g/mol. The first-order valence-electron chi connectivity index (χ1n) is 5.02. The Morgan fingerprint density at radius 3 is 3.29 bits per heavy atom. The third-order valence-corrected chi connectivity index (χ3v) is 2.29. The van der Waals surface area contributed by atoms with Gasteiger partial charge in [-0.1, -0.05) is 0 Å². The summed E-state index contributed by atoms with van der Waals surface area (Å²) in [7, 11) is 0. The maximum absolute atomic E-state index is 5.26. The Balaban J connectivity index is 1.98. The van der Waals surface area contributed by atoms with Gasteiger partial charge in [0.05, 0.1) is 12.3 Å². The van der Waals surface area contributed by atoms with E-state index in [9.17, 15) is 0 Å². The zero-order valence-corrected chi connectivity index (χ0v) is 8.42. The number of rotatable bonds is 4. The molecule has 4 nitrogen and oxygen atoms in total. The first kappa shape index (κ1) is 9.55. The van der Waals surface area contributed by atoms with Crippen molar-refractivity contribution in [2.75, 3.05) is 13.2 Å². The van der Waals surface area contributed by atoms with Crippen LogP contribution in [0.1, 0.15) is 24.0 Å². The van der Waals surface area contributed by atoms with E-state index in [1.165, 1.54) is 5.56 Å². The summed E-state index contributed by atoms with van der Waals surface area (Å²) in [5, 5.41) is 3.25. The van der Waals surface area contributed by atoms with Crippen LogP contribution in [0.25, 0.3) is 0 Å². The standard InChI is InChI=1S/C10H15N3O/c1-2-14-4-3-10-12-6-8-5-11-7-9(8)13-10/h6,11H,2-5,7H2,1H3. The van der Waals surface area contributed by atoms with Crippen LogP contribution in [-0.2, 0) is 24.2 Å². The van der Waals surface area contributed by atoms with Crippen molar-refractivity contribution in [1.29, 1.82) is 0 Å². The lowest BCUT2D eigenvalue weighted by atomic mass is 10.2. The van der Waals surface area contributed by atoms with Crippen molar-refractivity contribution in [3.8, 4) is 0 Å². The molecule has 0 aliphatic carbocycles. The summed E-state index contributed by atoms with van der Waals surface area (Å²) in [6.07, 6.45) is 2.73. The van der Waals surface area contributed by atoms with Crippen LogP contribution >= 0.6 is 0 Å². The fourth-order valence-electron chi connectivity index (χ4n) is 1.53. The van der Waals surface area contributed by atoms with Gasteiger partial charge in [0.1, 0.15) is 5.82 Å². The Morgan fingerprint density at radius 1 is 1.50 bits per heavy atom. The van der Waals surface area contributed by atoms with Crippen molar-refractivity contribution in [2.24, 2.45) is 0 Å². The van der Waals surface area contributed by atoms with Crippen molar-refractivity contribution >= 4 is 0 Å². The van der Waals surface area contributed by atoms with Gasteiger partial charge in [0.25, 0.3) is 0 Å². The van der Waals surface area contributed by atoms with Crippen LogP contribution in [0, 0.1) is 0 Å². The molecule has 0 amide bonds. The lowest BCUT2D eigenvalue weighted by Gasteiger charge is -2.02. The van der Waals surface area contributed by atoms with Crippen LogP contribution in [-0.4, -0.2) is 23.2 Å². The topological polar surface area (TPSA) is 47.0 Å². The molecular formula is C10H15N3O. The Labute approximate surface area is 83.7 Å². The molecule has 0 atom stereocenters. The molecule has 2 rings (SSSR count). The molecule has 1 aromatic heterocycles. The number of ether oxygens (including phenoxy) is 1. The molecule has 1 aliphatic heterocycles. The highest BCUT2D eigenvalue weighted by molar-refractivity contribution is 5.21. The molecule has 14 heavy (non-hydrogen) atoms. The van der Waals surface area contributed by atoms with E-state index in [4.69, 9.17) is 4.74 Å². The summed E-state index contributed by atoms with van der Waals surface area (Å²) in [6.45, 7) is 5.24. The van der Waals surface area contributed by atoms with Crippen LogP contribution in [0.5, 0.6) is 0 Å². The Hall–Kier alpha value is -1.00. The number of aromatic nitrogens is 2. The monoisotopic (exact) mass is 193 g/mol. The van der Waals surface area contributed by atoms with Gasteiger partial charge in [0.15, 0.2) is 0 Å². The molecule has 2 heterocycles. The number of hydrogen-bond acceptors (Lipinski definition) is 4. The zero-order chi connectivity index (χ0) is 9.80. The first-order chi connectivity index (χ1) is 6.90. The second kappa shape index (κ2) is 4.48. The highest BCUT2D eigenvalue weighted by Crippen LogP contribution is 2.11. The number of nitrogens with one attached hydrogen (secondary N) is 1. The fraction of sp³-hybridized carbons (Fsp3) is 0.600. The number of nitrogens with zero attached hydrogens (tertiary/aromatic N) is 2. The van der Waals surface area contributed by atoms with Gasteiger partial charge in [-0.15, -0.1) is 0 Å². The van der Waals surface area contributed by atoms with Gasteiger partial charge in [-0.05, 0) is 6.92 Å². The van der Waals surface area contributed by atoms with Crippen LogP contribution in [0.2, 0.25) is 0 Å². The van der Waals surface area contributed by atoms with E-state index >= 15 is 0 Å². The lowest BCUT2D eigenvalue weighted by molar-refractivity contribution is 0.149. The fourth-order valence-corrected chi connectivity index (χ4v) is 1.53. The average molecular weight is 193 g/mol. The zero-order valence-electron chi connectivity index (χ0n) is 8.42. The molecule has 0 aromatic carbocycles. The maximum Gasteiger partial charge on any atom is 0.130 e. The summed E-state index contributed by atoms with van der Waals surface area (Å²) < 4.78 is 5.26. The highest BCUT2D eigenvalue weighted by Gasteiger charge is 2.12. The van der Waals surface area contributed by atoms with Gasteiger partial charge in [-0.2, -0.15) is 0 Å². The van der Waals surface area contributed by atoms with E-state index in [-0.39, 0.29) is 0 Å². The molecule has 0 bridgehead atoms. The Bertz CT molecular complexity index is 314. The second-order valence-corrected chi connectivity index (χ2v) is 3.31. The second-order valence-electron chi connectivity index (χ2n) is 3.31. The summed E-state index contributed by atoms with van der Waals surface area (Å²) in [4.78, 5) is 8.76. The lowest BCUT2D eigenvalue weighted by Crippen LogP contribution is -2.05.